The minimum absolute atomic E-state index is 0.213. The molecule has 0 fully saturated rings. The molecule has 14 heavy (non-hydrogen) atoms. The molecule has 0 amide bonds. The summed E-state index contributed by atoms with van der Waals surface area (Å²) < 4.78 is 41.3. The Kier molecular flexibility index (Phi) is 3.63. The molecule has 1 heterocycles. The third-order valence-corrected chi connectivity index (χ3v) is 1.87. The van der Waals surface area contributed by atoms with Crippen LogP contribution in [0.5, 0.6) is 0 Å². The summed E-state index contributed by atoms with van der Waals surface area (Å²) in [6.07, 6.45) is 0.624. The fourth-order valence-electron chi connectivity index (χ4n) is 1.22. The largest absolute Gasteiger partial charge is 0.492 e. The molecule has 1 aromatic heterocycles. The molecule has 0 unspecified atom stereocenters. The van der Waals surface area contributed by atoms with Gasteiger partial charge in [0.15, 0.2) is 0 Å². The van der Waals surface area contributed by atoms with Crippen molar-refractivity contribution < 1.29 is 17.4 Å². The van der Waals surface area contributed by atoms with E-state index in [1.165, 1.54) is 11.2 Å². The first-order valence-electron chi connectivity index (χ1n) is 4.47. The Labute approximate surface area is 80.7 Å². The van der Waals surface area contributed by atoms with Crippen LogP contribution in [-0.2, 0) is 6.54 Å². The number of furan rings is 1. The van der Waals surface area contributed by atoms with Crippen LogP contribution in [-0.4, -0.2) is 24.9 Å². The summed E-state index contributed by atoms with van der Waals surface area (Å²) in [7, 11) is 0. The van der Waals surface area contributed by atoms with E-state index >= 15 is 0 Å². The number of hydrogen-bond acceptors (Lipinski definition) is 2. The molecule has 0 aromatic carbocycles. The van der Waals surface area contributed by atoms with Crippen LogP contribution in [0, 0.1) is 0 Å². The molecule has 0 radical (unpaired) electrons. The predicted molar refractivity (Wildman–Crippen MR) is 48.7 cm³/mol. The summed E-state index contributed by atoms with van der Waals surface area (Å²) in [4.78, 5) is 1.30. The standard InChI is InChI=1S/C8H12BF3NO/c1-2-13(7-9(10,11)12)6-8-4-3-5-14-8/h3-5H,2,6-7H2,1H3/q-1. The van der Waals surface area contributed by atoms with Gasteiger partial charge < -0.3 is 22.3 Å². The van der Waals surface area contributed by atoms with Crippen LogP contribution >= 0.6 is 0 Å². The predicted octanol–water partition coefficient (Wildman–Crippen LogP) is 2.49. The first kappa shape index (κ1) is 11.2. The van der Waals surface area contributed by atoms with Crippen LogP contribution in [0.3, 0.4) is 0 Å². The maximum Gasteiger partial charge on any atom is 0.492 e. The van der Waals surface area contributed by atoms with Crippen molar-refractivity contribution in [2.24, 2.45) is 0 Å². The van der Waals surface area contributed by atoms with Crippen molar-refractivity contribution in [1.82, 2.24) is 4.90 Å². The third-order valence-electron chi connectivity index (χ3n) is 1.87. The van der Waals surface area contributed by atoms with Crippen LogP contribution < -0.4 is 0 Å². The molecule has 1 aromatic rings. The zero-order valence-corrected chi connectivity index (χ0v) is 7.92. The minimum atomic E-state index is -4.75. The Hall–Kier alpha value is -0.905. The Morgan fingerprint density at radius 1 is 1.43 bits per heavy atom. The van der Waals surface area contributed by atoms with Crippen molar-refractivity contribution in [3.8, 4) is 0 Å². The van der Waals surface area contributed by atoms with Crippen molar-refractivity contribution in [3.63, 3.8) is 0 Å². The van der Waals surface area contributed by atoms with Crippen molar-refractivity contribution in [1.29, 1.82) is 0 Å². The van der Waals surface area contributed by atoms with Gasteiger partial charge in [0.05, 0.1) is 12.8 Å². The zero-order valence-electron chi connectivity index (χ0n) is 7.92. The SMILES string of the molecule is CCN(Cc1ccco1)C[B-](F)(F)F. The third kappa shape index (κ3) is 3.87. The molecule has 0 aliphatic heterocycles. The van der Waals surface area contributed by atoms with Gasteiger partial charge in [0.2, 0.25) is 0 Å². The molecule has 0 saturated carbocycles. The quantitative estimate of drug-likeness (QED) is 0.688. The van der Waals surface area contributed by atoms with Crippen molar-refractivity contribution >= 4 is 6.98 Å². The van der Waals surface area contributed by atoms with Gasteiger partial charge in [0.1, 0.15) is 5.76 Å². The molecule has 80 valence electrons. The first-order valence-corrected chi connectivity index (χ1v) is 4.47. The lowest BCUT2D eigenvalue weighted by molar-refractivity contribution is 0.262. The normalized spacial score (nSPS) is 12.4. The van der Waals surface area contributed by atoms with Gasteiger partial charge in [-0.25, -0.2) is 0 Å². The minimum Gasteiger partial charge on any atom is -0.468 e. The molecular formula is C8H12BF3NO-. The first-order chi connectivity index (χ1) is 6.51. The molecule has 0 N–H and O–H groups in total. The molecule has 0 atom stereocenters. The highest BCUT2D eigenvalue weighted by Crippen LogP contribution is 2.13. The average molecular weight is 206 g/mol. The molecule has 6 heteroatoms. The number of rotatable bonds is 5. The highest BCUT2D eigenvalue weighted by Gasteiger charge is 2.26. The van der Waals surface area contributed by atoms with Gasteiger partial charge >= 0.3 is 6.98 Å². The van der Waals surface area contributed by atoms with Crippen molar-refractivity contribution in [3.05, 3.63) is 24.2 Å². The summed E-state index contributed by atoms with van der Waals surface area (Å²) in [6.45, 7) is -2.48. The molecular weight excluding hydrogens is 194 g/mol. The lowest BCUT2D eigenvalue weighted by Crippen LogP contribution is -2.37. The van der Waals surface area contributed by atoms with Gasteiger partial charge in [-0.3, -0.25) is 0 Å². The Balaban J connectivity index is 2.47. The van der Waals surface area contributed by atoms with E-state index in [9.17, 15) is 12.9 Å². The summed E-state index contributed by atoms with van der Waals surface area (Å²) >= 11 is 0. The molecule has 1 rings (SSSR count). The van der Waals surface area contributed by atoms with Crippen LogP contribution in [0.4, 0.5) is 12.9 Å². The van der Waals surface area contributed by atoms with Gasteiger partial charge in [-0.1, -0.05) is 6.92 Å². The topological polar surface area (TPSA) is 16.4 Å². The van der Waals surface area contributed by atoms with Crippen LogP contribution in [0.25, 0.3) is 0 Å². The maximum atomic E-state index is 12.1. The second-order valence-electron chi connectivity index (χ2n) is 3.12. The molecule has 0 bridgehead atoms. The summed E-state index contributed by atoms with van der Waals surface area (Å²) in [5, 5.41) is 0. The second-order valence-corrected chi connectivity index (χ2v) is 3.12. The molecule has 0 aliphatic carbocycles. The van der Waals surface area contributed by atoms with Crippen LogP contribution in [0.2, 0.25) is 0 Å². The van der Waals surface area contributed by atoms with E-state index in [2.05, 4.69) is 0 Å². The van der Waals surface area contributed by atoms with Gasteiger partial charge in [-0.05, 0) is 25.1 Å². The monoisotopic (exact) mass is 206 g/mol. The lowest BCUT2D eigenvalue weighted by atomic mass is 9.91. The molecule has 0 saturated heterocycles. The van der Waals surface area contributed by atoms with E-state index in [0.717, 1.165) is 0 Å². The average Bonchev–Trinajstić information content (AvgIpc) is 2.53. The second kappa shape index (κ2) is 4.55. The zero-order chi connectivity index (χ0) is 10.6. The Bertz CT molecular complexity index is 260. The van der Waals surface area contributed by atoms with E-state index < -0.39 is 13.4 Å². The van der Waals surface area contributed by atoms with Gasteiger partial charge in [-0.15, -0.1) is 0 Å². The van der Waals surface area contributed by atoms with Crippen molar-refractivity contribution in [2.75, 3.05) is 13.0 Å². The number of nitrogens with zero attached hydrogens (tertiary/aromatic N) is 1. The van der Waals surface area contributed by atoms with E-state index in [0.29, 0.717) is 12.3 Å². The fraction of sp³-hybridized carbons (Fsp3) is 0.500. The maximum absolute atomic E-state index is 12.1. The Morgan fingerprint density at radius 3 is 2.57 bits per heavy atom. The summed E-state index contributed by atoms with van der Waals surface area (Å²) in [6, 6.07) is 3.34. The van der Waals surface area contributed by atoms with E-state index in [4.69, 9.17) is 4.42 Å². The van der Waals surface area contributed by atoms with Gasteiger partial charge in [0.25, 0.3) is 0 Å². The van der Waals surface area contributed by atoms with Crippen LogP contribution in [0.15, 0.2) is 22.8 Å². The molecule has 2 nitrogen and oxygen atoms in total. The van der Waals surface area contributed by atoms with E-state index in [1.807, 2.05) is 0 Å². The number of halogens is 3. The van der Waals surface area contributed by atoms with Crippen LogP contribution in [0.1, 0.15) is 12.7 Å². The molecule has 0 aliphatic rings. The fourth-order valence-corrected chi connectivity index (χ4v) is 1.22. The van der Waals surface area contributed by atoms with Gasteiger partial charge in [-0.2, -0.15) is 0 Å². The van der Waals surface area contributed by atoms with E-state index in [-0.39, 0.29) is 6.54 Å². The summed E-state index contributed by atoms with van der Waals surface area (Å²) in [5.41, 5.74) is 0. The Morgan fingerprint density at radius 2 is 2.14 bits per heavy atom. The summed E-state index contributed by atoms with van der Waals surface area (Å²) in [5.74, 6) is 0.562. The molecule has 0 spiro atoms. The van der Waals surface area contributed by atoms with E-state index in [1.54, 1.807) is 19.1 Å². The smallest absolute Gasteiger partial charge is 0.468 e. The highest BCUT2D eigenvalue weighted by atomic mass is 19.4. The van der Waals surface area contributed by atoms with Crippen molar-refractivity contribution in [2.45, 2.75) is 13.5 Å². The highest BCUT2D eigenvalue weighted by molar-refractivity contribution is 6.58. The number of hydrogen-bond donors (Lipinski definition) is 0. The lowest BCUT2D eigenvalue weighted by Gasteiger charge is -2.25. The van der Waals surface area contributed by atoms with Gasteiger partial charge in [0, 0.05) is 0 Å².